The van der Waals surface area contributed by atoms with Crippen LogP contribution < -0.4 is 10.6 Å². The highest BCUT2D eigenvalue weighted by Crippen LogP contribution is 2.22. The average molecular weight is 352 g/mol. The highest BCUT2D eigenvalue weighted by Gasteiger charge is 2.27. The van der Waals surface area contributed by atoms with Gasteiger partial charge < -0.3 is 19.6 Å². The number of hydrogen-bond acceptors (Lipinski definition) is 6. The summed E-state index contributed by atoms with van der Waals surface area (Å²) in [7, 11) is 0. The quantitative estimate of drug-likeness (QED) is 0.728. The van der Waals surface area contributed by atoms with Crippen LogP contribution in [0.5, 0.6) is 0 Å². The van der Waals surface area contributed by atoms with E-state index in [2.05, 4.69) is 20.8 Å². The van der Waals surface area contributed by atoms with Crippen molar-refractivity contribution in [3.63, 3.8) is 0 Å². The molecule has 1 unspecified atom stereocenters. The molecule has 0 saturated carbocycles. The predicted molar refractivity (Wildman–Crippen MR) is 91.0 cm³/mol. The molecule has 1 aromatic carbocycles. The summed E-state index contributed by atoms with van der Waals surface area (Å²) in [5.74, 6) is 0.978. The lowest BCUT2D eigenvalue weighted by Crippen LogP contribution is -2.37. The third kappa shape index (κ3) is 3.34. The summed E-state index contributed by atoms with van der Waals surface area (Å²) in [6.45, 7) is 0. The molecule has 3 aromatic rings. The molecule has 0 aliphatic carbocycles. The first kappa shape index (κ1) is 16.1. The molecule has 26 heavy (non-hydrogen) atoms. The van der Waals surface area contributed by atoms with Gasteiger partial charge in [-0.2, -0.15) is 4.98 Å². The standard InChI is InChI=1S/C18H16N4O4/c23-15-8-7-13(19-15)18(24)20-12-5-2-1-4-11(12)10-16-21-17(22-26-16)14-6-3-9-25-14/h1-6,9,13H,7-8,10H2,(H,19,23)(H,20,24). The van der Waals surface area contributed by atoms with Crippen LogP contribution in [0.25, 0.3) is 11.6 Å². The van der Waals surface area contributed by atoms with Crippen LogP contribution in [-0.4, -0.2) is 28.0 Å². The van der Waals surface area contributed by atoms with E-state index in [1.165, 1.54) is 6.26 Å². The summed E-state index contributed by atoms with van der Waals surface area (Å²) in [5.41, 5.74) is 1.48. The Bertz CT molecular complexity index is 932. The number of amides is 2. The molecule has 0 spiro atoms. The van der Waals surface area contributed by atoms with E-state index in [0.717, 1.165) is 5.56 Å². The van der Waals surface area contributed by atoms with Crippen LogP contribution in [-0.2, 0) is 16.0 Å². The van der Waals surface area contributed by atoms with Crippen LogP contribution >= 0.6 is 0 Å². The normalized spacial score (nSPS) is 16.5. The average Bonchev–Trinajstić information content (AvgIpc) is 3.37. The molecule has 0 radical (unpaired) electrons. The highest BCUT2D eigenvalue weighted by molar-refractivity contribution is 5.99. The van der Waals surface area contributed by atoms with Gasteiger partial charge in [-0.25, -0.2) is 0 Å². The predicted octanol–water partition coefficient (Wildman–Crippen LogP) is 2.14. The van der Waals surface area contributed by atoms with E-state index >= 15 is 0 Å². The van der Waals surface area contributed by atoms with Gasteiger partial charge in [-0.3, -0.25) is 9.59 Å². The Morgan fingerprint density at radius 3 is 2.92 bits per heavy atom. The summed E-state index contributed by atoms with van der Waals surface area (Å²) in [6, 6.07) is 10.4. The number of nitrogens with zero attached hydrogens (tertiary/aromatic N) is 2. The van der Waals surface area contributed by atoms with Gasteiger partial charge in [0.1, 0.15) is 6.04 Å². The number of nitrogens with one attached hydrogen (secondary N) is 2. The number of aromatic nitrogens is 2. The molecule has 2 aromatic heterocycles. The van der Waals surface area contributed by atoms with Gasteiger partial charge in [-0.05, 0) is 30.2 Å². The van der Waals surface area contributed by atoms with Gasteiger partial charge in [-0.15, -0.1) is 0 Å². The van der Waals surface area contributed by atoms with Crippen molar-refractivity contribution in [2.45, 2.75) is 25.3 Å². The van der Waals surface area contributed by atoms with E-state index in [9.17, 15) is 9.59 Å². The summed E-state index contributed by atoms with van der Waals surface area (Å²) in [4.78, 5) is 27.9. The fourth-order valence-corrected chi connectivity index (χ4v) is 2.82. The lowest BCUT2D eigenvalue weighted by atomic mass is 10.1. The number of benzene rings is 1. The van der Waals surface area contributed by atoms with Gasteiger partial charge in [-0.1, -0.05) is 23.4 Å². The van der Waals surface area contributed by atoms with Gasteiger partial charge in [0.2, 0.25) is 23.5 Å². The first-order chi connectivity index (χ1) is 12.7. The monoisotopic (exact) mass is 352 g/mol. The molecular weight excluding hydrogens is 336 g/mol. The van der Waals surface area contributed by atoms with E-state index in [0.29, 0.717) is 42.4 Å². The molecule has 0 bridgehead atoms. The fraction of sp³-hybridized carbons (Fsp3) is 0.222. The molecule has 2 N–H and O–H groups in total. The van der Waals surface area contributed by atoms with Crippen molar-refractivity contribution in [3.8, 4) is 11.6 Å². The second-order valence-electron chi connectivity index (χ2n) is 5.97. The SMILES string of the molecule is O=C1CCC(C(=O)Nc2ccccc2Cc2nc(-c3ccco3)no2)N1. The smallest absolute Gasteiger partial charge is 0.246 e. The van der Waals surface area contributed by atoms with E-state index in [1.807, 2.05) is 18.2 Å². The van der Waals surface area contributed by atoms with Crippen molar-refractivity contribution in [1.29, 1.82) is 0 Å². The van der Waals surface area contributed by atoms with Gasteiger partial charge in [0.05, 0.1) is 12.7 Å². The number of anilines is 1. The van der Waals surface area contributed by atoms with E-state index in [-0.39, 0.29) is 11.8 Å². The van der Waals surface area contributed by atoms with Crippen molar-refractivity contribution in [3.05, 3.63) is 54.1 Å². The fourth-order valence-electron chi connectivity index (χ4n) is 2.82. The zero-order valence-electron chi connectivity index (χ0n) is 13.8. The topological polar surface area (TPSA) is 110 Å². The van der Waals surface area contributed by atoms with Crippen molar-refractivity contribution < 1.29 is 18.5 Å². The van der Waals surface area contributed by atoms with Gasteiger partial charge in [0.25, 0.3) is 0 Å². The molecule has 1 aliphatic rings. The van der Waals surface area contributed by atoms with Crippen molar-refractivity contribution in [2.24, 2.45) is 0 Å². The Balaban J connectivity index is 1.49. The van der Waals surface area contributed by atoms with Crippen LogP contribution in [0, 0.1) is 0 Å². The number of carbonyl (C=O) groups excluding carboxylic acids is 2. The highest BCUT2D eigenvalue weighted by atomic mass is 16.5. The zero-order chi connectivity index (χ0) is 17.9. The van der Waals surface area contributed by atoms with Crippen LogP contribution in [0.2, 0.25) is 0 Å². The number of hydrogen-bond donors (Lipinski definition) is 2. The second kappa shape index (κ2) is 6.83. The van der Waals surface area contributed by atoms with Gasteiger partial charge in [0.15, 0.2) is 5.76 Å². The third-order valence-corrected chi connectivity index (χ3v) is 4.14. The number of para-hydroxylation sites is 1. The first-order valence-corrected chi connectivity index (χ1v) is 8.23. The number of rotatable bonds is 5. The van der Waals surface area contributed by atoms with E-state index < -0.39 is 6.04 Å². The number of furan rings is 1. The van der Waals surface area contributed by atoms with E-state index in [1.54, 1.807) is 18.2 Å². The Labute approximate surface area is 148 Å². The van der Waals surface area contributed by atoms with Crippen molar-refractivity contribution in [2.75, 3.05) is 5.32 Å². The zero-order valence-corrected chi connectivity index (χ0v) is 13.8. The molecule has 8 heteroatoms. The molecule has 132 valence electrons. The maximum atomic E-state index is 12.3. The molecule has 8 nitrogen and oxygen atoms in total. The summed E-state index contributed by atoms with van der Waals surface area (Å²) in [5, 5.41) is 9.43. The Morgan fingerprint density at radius 1 is 1.27 bits per heavy atom. The minimum atomic E-state index is -0.496. The Morgan fingerprint density at radius 2 is 2.15 bits per heavy atom. The van der Waals surface area contributed by atoms with Crippen LogP contribution in [0.4, 0.5) is 5.69 Å². The molecule has 2 amide bonds. The minimum absolute atomic E-state index is 0.102. The van der Waals surface area contributed by atoms with E-state index in [4.69, 9.17) is 8.94 Å². The maximum Gasteiger partial charge on any atom is 0.246 e. The lowest BCUT2D eigenvalue weighted by molar-refractivity contribution is -0.122. The third-order valence-electron chi connectivity index (χ3n) is 4.14. The minimum Gasteiger partial charge on any atom is -0.461 e. The summed E-state index contributed by atoms with van der Waals surface area (Å²) >= 11 is 0. The van der Waals surface area contributed by atoms with Gasteiger partial charge in [0, 0.05) is 12.1 Å². The van der Waals surface area contributed by atoms with Crippen molar-refractivity contribution >= 4 is 17.5 Å². The van der Waals surface area contributed by atoms with Crippen LogP contribution in [0.1, 0.15) is 24.3 Å². The Kier molecular flexibility index (Phi) is 4.22. The van der Waals surface area contributed by atoms with Gasteiger partial charge >= 0.3 is 0 Å². The number of carbonyl (C=O) groups is 2. The molecular formula is C18H16N4O4. The second-order valence-corrected chi connectivity index (χ2v) is 5.97. The molecule has 1 aliphatic heterocycles. The maximum absolute atomic E-state index is 12.3. The largest absolute Gasteiger partial charge is 0.461 e. The molecule has 1 saturated heterocycles. The first-order valence-electron chi connectivity index (χ1n) is 8.23. The Hall–Kier alpha value is -3.42. The lowest BCUT2D eigenvalue weighted by Gasteiger charge is -2.13. The summed E-state index contributed by atoms with van der Waals surface area (Å²) < 4.78 is 10.5. The molecule has 1 fully saturated rings. The molecule has 4 rings (SSSR count). The van der Waals surface area contributed by atoms with Crippen LogP contribution in [0.15, 0.2) is 51.6 Å². The summed E-state index contributed by atoms with van der Waals surface area (Å²) in [6.07, 6.45) is 2.78. The van der Waals surface area contributed by atoms with Crippen molar-refractivity contribution in [1.82, 2.24) is 15.5 Å². The molecule has 1 atom stereocenters. The van der Waals surface area contributed by atoms with Crippen LogP contribution in [0.3, 0.4) is 0 Å². The molecule has 3 heterocycles.